The minimum Gasteiger partial charge on any atom is -0.456 e. The molecule has 0 radical (unpaired) electrons. The maximum atomic E-state index is 13.8. The Labute approximate surface area is 181 Å². The molecule has 5 nitrogen and oxygen atoms in total. The van der Waals surface area contributed by atoms with Gasteiger partial charge in [0.2, 0.25) is 5.95 Å². The van der Waals surface area contributed by atoms with Gasteiger partial charge in [-0.15, -0.1) is 0 Å². The van der Waals surface area contributed by atoms with Gasteiger partial charge < -0.3 is 10.1 Å². The van der Waals surface area contributed by atoms with E-state index in [0.717, 1.165) is 11.6 Å². The fraction of sp³-hybridized carbons (Fsp3) is 0.0870. The Bertz CT molecular complexity index is 1300. The molecule has 0 saturated carbocycles. The Morgan fingerprint density at radius 3 is 2.71 bits per heavy atom. The molecule has 0 bridgehead atoms. The SMILES string of the molecule is Cc1c(Oc2ccnc3cc(Cl)ccc23)cccc1C(=O)NCc1ccnc(F)c1F. The number of hydrogen-bond donors (Lipinski definition) is 1. The van der Waals surface area contributed by atoms with Gasteiger partial charge in [0.25, 0.3) is 5.91 Å². The van der Waals surface area contributed by atoms with Crippen LogP contribution in [-0.4, -0.2) is 15.9 Å². The number of pyridine rings is 2. The number of amides is 1. The summed E-state index contributed by atoms with van der Waals surface area (Å²) in [6, 6.07) is 13.4. The lowest BCUT2D eigenvalue weighted by atomic mass is 10.1. The fourth-order valence-electron chi connectivity index (χ4n) is 3.14. The molecule has 0 atom stereocenters. The highest BCUT2D eigenvalue weighted by atomic mass is 35.5. The normalized spacial score (nSPS) is 10.8. The Kier molecular flexibility index (Phi) is 5.77. The first-order valence-corrected chi connectivity index (χ1v) is 9.70. The summed E-state index contributed by atoms with van der Waals surface area (Å²) in [5.74, 6) is -1.68. The highest BCUT2D eigenvalue weighted by molar-refractivity contribution is 6.31. The van der Waals surface area contributed by atoms with Gasteiger partial charge in [-0.3, -0.25) is 9.78 Å². The highest BCUT2D eigenvalue weighted by Gasteiger charge is 2.16. The molecule has 0 aliphatic carbocycles. The number of nitrogens with one attached hydrogen (secondary N) is 1. The third-order valence-electron chi connectivity index (χ3n) is 4.78. The van der Waals surface area contributed by atoms with Gasteiger partial charge in [-0.05, 0) is 49.4 Å². The first kappa shape index (κ1) is 20.7. The molecule has 1 amide bonds. The van der Waals surface area contributed by atoms with Crippen molar-refractivity contribution in [1.82, 2.24) is 15.3 Å². The van der Waals surface area contributed by atoms with Crippen molar-refractivity contribution in [3.63, 3.8) is 0 Å². The predicted octanol–water partition coefficient (Wildman–Crippen LogP) is 5.59. The smallest absolute Gasteiger partial charge is 0.251 e. The summed E-state index contributed by atoms with van der Waals surface area (Å²) in [6.07, 6.45) is 2.76. The van der Waals surface area contributed by atoms with Crippen LogP contribution in [0.5, 0.6) is 11.5 Å². The third-order valence-corrected chi connectivity index (χ3v) is 5.01. The molecule has 156 valence electrons. The number of aromatic nitrogens is 2. The molecule has 31 heavy (non-hydrogen) atoms. The monoisotopic (exact) mass is 439 g/mol. The van der Waals surface area contributed by atoms with Crippen LogP contribution in [0.4, 0.5) is 8.78 Å². The lowest BCUT2D eigenvalue weighted by molar-refractivity contribution is 0.0949. The molecule has 4 rings (SSSR count). The van der Waals surface area contributed by atoms with Crippen LogP contribution in [0.15, 0.2) is 60.9 Å². The van der Waals surface area contributed by atoms with Gasteiger partial charge in [0.1, 0.15) is 11.5 Å². The van der Waals surface area contributed by atoms with E-state index in [1.54, 1.807) is 49.5 Å². The number of benzene rings is 2. The van der Waals surface area contributed by atoms with E-state index in [1.807, 2.05) is 6.07 Å². The summed E-state index contributed by atoms with van der Waals surface area (Å²) in [5, 5.41) is 3.94. The molecular formula is C23H16ClF2N3O2. The average Bonchev–Trinajstić information content (AvgIpc) is 2.76. The van der Waals surface area contributed by atoms with E-state index in [0.29, 0.717) is 33.2 Å². The number of nitrogens with zero attached hydrogens (tertiary/aromatic N) is 2. The van der Waals surface area contributed by atoms with Crippen molar-refractivity contribution in [3.05, 3.63) is 94.4 Å². The molecule has 2 aromatic heterocycles. The molecule has 0 saturated heterocycles. The van der Waals surface area contributed by atoms with E-state index in [1.165, 1.54) is 6.07 Å². The Balaban J connectivity index is 1.57. The number of carbonyl (C=O) groups excluding carboxylic acids is 1. The van der Waals surface area contributed by atoms with E-state index in [4.69, 9.17) is 16.3 Å². The first-order valence-electron chi connectivity index (χ1n) is 9.33. The summed E-state index contributed by atoms with van der Waals surface area (Å²) >= 11 is 6.03. The van der Waals surface area contributed by atoms with Crippen molar-refractivity contribution >= 4 is 28.4 Å². The van der Waals surface area contributed by atoms with Crippen molar-refractivity contribution in [2.45, 2.75) is 13.5 Å². The largest absolute Gasteiger partial charge is 0.456 e. The number of halogens is 3. The van der Waals surface area contributed by atoms with Crippen LogP contribution < -0.4 is 10.1 Å². The van der Waals surface area contributed by atoms with Gasteiger partial charge in [0.15, 0.2) is 5.82 Å². The molecule has 4 aromatic rings. The summed E-state index contributed by atoms with van der Waals surface area (Å²) in [6.45, 7) is 1.57. The van der Waals surface area contributed by atoms with Gasteiger partial charge in [-0.1, -0.05) is 17.7 Å². The van der Waals surface area contributed by atoms with Crippen LogP contribution in [0.2, 0.25) is 5.02 Å². The maximum absolute atomic E-state index is 13.8. The zero-order valence-electron chi connectivity index (χ0n) is 16.3. The standard InChI is InChI=1S/C23H16ClF2N3O2/c1-13-16(23(30)29-12-14-7-9-28-22(26)21(14)25)3-2-4-19(13)31-20-8-10-27-18-11-15(24)5-6-17(18)20/h2-11H,12H2,1H3,(H,29,30). The molecule has 0 aliphatic heterocycles. The van der Waals surface area contributed by atoms with Crippen LogP contribution in [0.1, 0.15) is 21.5 Å². The van der Waals surface area contributed by atoms with Gasteiger partial charge in [-0.2, -0.15) is 4.39 Å². The fourth-order valence-corrected chi connectivity index (χ4v) is 3.30. The third kappa shape index (κ3) is 4.32. The maximum Gasteiger partial charge on any atom is 0.251 e. The molecule has 0 fully saturated rings. The van der Waals surface area contributed by atoms with Gasteiger partial charge in [0.05, 0.1) is 5.52 Å². The summed E-state index contributed by atoms with van der Waals surface area (Å²) in [5.41, 5.74) is 1.64. The molecular weight excluding hydrogens is 424 g/mol. The average molecular weight is 440 g/mol. The number of carbonyl (C=O) groups is 1. The van der Waals surface area contributed by atoms with E-state index < -0.39 is 17.7 Å². The zero-order chi connectivity index (χ0) is 22.0. The van der Waals surface area contributed by atoms with Gasteiger partial charge in [0, 0.05) is 46.0 Å². The van der Waals surface area contributed by atoms with Crippen LogP contribution in [0.25, 0.3) is 10.9 Å². The number of fused-ring (bicyclic) bond motifs is 1. The Hall–Kier alpha value is -3.58. The zero-order valence-corrected chi connectivity index (χ0v) is 17.1. The number of ether oxygens (including phenoxy) is 1. The molecule has 2 aromatic carbocycles. The van der Waals surface area contributed by atoms with Crippen LogP contribution in [-0.2, 0) is 6.54 Å². The minimum absolute atomic E-state index is 0.00724. The minimum atomic E-state index is -1.20. The first-order chi connectivity index (χ1) is 14.9. The van der Waals surface area contributed by atoms with Crippen molar-refractivity contribution in [3.8, 4) is 11.5 Å². The molecule has 2 heterocycles. The summed E-state index contributed by atoms with van der Waals surface area (Å²) in [4.78, 5) is 20.2. The molecule has 0 spiro atoms. The summed E-state index contributed by atoms with van der Waals surface area (Å²) < 4.78 is 33.1. The van der Waals surface area contributed by atoms with Crippen LogP contribution in [0, 0.1) is 18.7 Å². The van der Waals surface area contributed by atoms with E-state index in [2.05, 4.69) is 15.3 Å². The Morgan fingerprint density at radius 2 is 1.87 bits per heavy atom. The number of rotatable bonds is 5. The van der Waals surface area contributed by atoms with E-state index in [-0.39, 0.29) is 12.1 Å². The molecule has 1 N–H and O–H groups in total. The number of hydrogen-bond acceptors (Lipinski definition) is 4. The second kappa shape index (κ2) is 8.65. The van der Waals surface area contributed by atoms with Crippen LogP contribution >= 0.6 is 11.6 Å². The molecule has 8 heteroatoms. The Morgan fingerprint density at radius 1 is 1.06 bits per heavy atom. The van der Waals surface area contributed by atoms with Gasteiger partial charge >= 0.3 is 0 Å². The van der Waals surface area contributed by atoms with Crippen molar-refractivity contribution in [2.24, 2.45) is 0 Å². The lowest BCUT2D eigenvalue weighted by Crippen LogP contribution is -2.24. The highest BCUT2D eigenvalue weighted by Crippen LogP contribution is 2.32. The molecule has 0 aliphatic rings. The van der Waals surface area contributed by atoms with E-state index >= 15 is 0 Å². The van der Waals surface area contributed by atoms with Crippen molar-refractivity contribution < 1.29 is 18.3 Å². The predicted molar refractivity (Wildman–Crippen MR) is 113 cm³/mol. The van der Waals surface area contributed by atoms with Gasteiger partial charge in [-0.25, -0.2) is 9.37 Å². The quantitative estimate of drug-likeness (QED) is 0.411. The second-order valence-electron chi connectivity index (χ2n) is 6.76. The summed E-state index contributed by atoms with van der Waals surface area (Å²) in [7, 11) is 0. The van der Waals surface area contributed by atoms with Crippen LogP contribution in [0.3, 0.4) is 0 Å². The molecule has 0 unspecified atom stereocenters. The second-order valence-corrected chi connectivity index (χ2v) is 7.20. The van der Waals surface area contributed by atoms with Crippen molar-refractivity contribution in [1.29, 1.82) is 0 Å². The van der Waals surface area contributed by atoms with Crippen molar-refractivity contribution in [2.75, 3.05) is 0 Å². The van der Waals surface area contributed by atoms with E-state index in [9.17, 15) is 13.6 Å². The lowest BCUT2D eigenvalue weighted by Gasteiger charge is -2.14. The topological polar surface area (TPSA) is 64.1 Å².